The Morgan fingerprint density at radius 2 is 1.78 bits per heavy atom. The van der Waals surface area contributed by atoms with Crippen LogP contribution in [-0.4, -0.2) is 25.2 Å². The lowest BCUT2D eigenvalue weighted by atomic mass is 10.1. The standard InChI is InChI=1S/C28H24FN5O2/c1-19-6-5-9-24-26(19)31-18-33(28(24)36)15-14-25(35)30-16-21-17-34(23-7-3-2-4-8-23)32-27(21)20-10-12-22(29)13-11-20/h2-13,17-18H,14-16H2,1H3,(H,30,35). The van der Waals surface area contributed by atoms with E-state index in [2.05, 4.69) is 15.4 Å². The summed E-state index contributed by atoms with van der Waals surface area (Å²) in [4.78, 5) is 29.8. The number of carbonyl (C=O) groups excluding carboxylic acids is 1. The first-order valence-corrected chi connectivity index (χ1v) is 11.6. The van der Waals surface area contributed by atoms with Crippen LogP contribution in [0.1, 0.15) is 17.5 Å². The van der Waals surface area contributed by atoms with E-state index in [1.807, 2.05) is 55.6 Å². The van der Waals surface area contributed by atoms with Crippen molar-refractivity contribution in [3.63, 3.8) is 0 Å². The summed E-state index contributed by atoms with van der Waals surface area (Å²) >= 11 is 0. The summed E-state index contributed by atoms with van der Waals surface area (Å²) in [6, 6.07) is 21.2. The number of carbonyl (C=O) groups is 1. The Morgan fingerprint density at radius 1 is 1.00 bits per heavy atom. The van der Waals surface area contributed by atoms with Crippen molar-refractivity contribution in [1.29, 1.82) is 0 Å². The minimum atomic E-state index is -0.329. The highest BCUT2D eigenvalue weighted by atomic mass is 19.1. The SMILES string of the molecule is Cc1cccc2c(=O)n(CCC(=O)NCc3cn(-c4ccccc4)nc3-c3ccc(F)cc3)cnc12. The molecule has 1 N–H and O–H groups in total. The average Bonchev–Trinajstić information content (AvgIpc) is 3.33. The van der Waals surface area contributed by atoms with Gasteiger partial charge in [0.2, 0.25) is 5.91 Å². The van der Waals surface area contributed by atoms with Gasteiger partial charge < -0.3 is 5.32 Å². The molecule has 180 valence electrons. The van der Waals surface area contributed by atoms with Crippen molar-refractivity contribution in [2.45, 2.75) is 26.4 Å². The zero-order valence-electron chi connectivity index (χ0n) is 19.7. The number of amides is 1. The van der Waals surface area contributed by atoms with E-state index in [0.717, 1.165) is 22.4 Å². The van der Waals surface area contributed by atoms with Gasteiger partial charge in [0, 0.05) is 36.8 Å². The molecule has 0 saturated carbocycles. The Kier molecular flexibility index (Phi) is 6.40. The number of hydrogen-bond acceptors (Lipinski definition) is 4. The predicted octanol–water partition coefficient (Wildman–Crippen LogP) is 4.40. The molecule has 3 aromatic carbocycles. The van der Waals surface area contributed by atoms with Crippen LogP contribution in [0.5, 0.6) is 0 Å². The maximum absolute atomic E-state index is 13.5. The van der Waals surface area contributed by atoms with Gasteiger partial charge >= 0.3 is 0 Å². The van der Waals surface area contributed by atoms with Crippen LogP contribution in [-0.2, 0) is 17.9 Å². The lowest BCUT2D eigenvalue weighted by molar-refractivity contribution is -0.121. The van der Waals surface area contributed by atoms with Crippen molar-refractivity contribution in [2.24, 2.45) is 0 Å². The second-order valence-electron chi connectivity index (χ2n) is 8.53. The van der Waals surface area contributed by atoms with Crippen molar-refractivity contribution >= 4 is 16.8 Å². The van der Waals surface area contributed by atoms with Crippen LogP contribution in [0.4, 0.5) is 4.39 Å². The Bertz CT molecular complexity index is 1590. The minimum absolute atomic E-state index is 0.123. The van der Waals surface area contributed by atoms with Gasteiger partial charge in [-0.3, -0.25) is 14.2 Å². The van der Waals surface area contributed by atoms with Crippen LogP contribution in [0.15, 0.2) is 90.1 Å². The van der Waals surface area contributed by atoms with E-state index in [4.69, 9.17) is 0 Å². The molecule has 0 radical (unpaired) electrons. The van der Waals surface area contributed by atoms with Crippen LogP contribution in [0.25, 0.3) is 27.8 Å². The molecule has 5 rings (SSSR count). The molecule has 0 aliphatic heterocycles. The highest BCUT2D eigenvalue weighted by molar-refractivity contribution is 5.80. The number of nitrogens with zero attached hydrogens (tertiary/aromatic N) is 4. The molecule has 0 aliphatic rings. The summed E-state index contributed by atoms with van der Waals surface area (Å²) in [7, 11) is 0. The molecule has 2 aromatic heterocycles. The number of aromatic nitrogens is 4. The summed E-state index contributed by atoms with van der Waals surface area (Å²) in [6.07, 6.45) is 3.47. The van der Waals surface area contributed by atoms with Crippen LogP contribution in [0, 0.1) is 12.7 Å². The third-order valence-electron chi connectivity index (χ3n) is 6.04. The summed E-state index contributed by atoms with van der Waals surface area (Å²) in [5.74, 6) is -0.534. The van der Waals surface area contributed by atoms with Gasteiger partial charge in [0.05, 0.1) is 28.6 Å². The fraction of sp³-hybridized carbons (Fsp3) is 0.143. The number of aryl methyl sites for hydroxylation is 2. The summed E-state index contributed by atoms with van der Waals surface area (Å²) < 4.78 is 16.7. The van der Waals surface area contributed by atoms with Crippen molar-refractivity contribution in [2.75, 3.05) is 0 Å². The molecule has 7 nitrogen and oxygen atoms in total. The first-order valence-electron chi connectivity index (χ1n) is 11.6. The number of benzene rings is 3. The second-order valence-corrected chi connectivity index (χ2v) is 8.53. The predicted molar refractivity (Wildman–Crippen MR) is 136 cm³/mol. The third kappa shape index (κ3) is 4.79. The van der Waals surface area contributed by atoms with Crippen molar-refractivity contribution in [1.82, 2.24) is 24.6 Å². The third-order valence-corrected chi connectivity index (χ3v) is 6.04. The molecule has 0 fully saturated rings. The molecular weight excluding hydrogens is 457 g/mol. The molecule has 0 saturated heterocycles. The highest BCUT2D eigenvalue weighted by Gasteiger charge is 2.14. The number of nitrogens with one attached hydrogen (secondary N) is 1. The van der Waals surface area contributed by atoms with E-state index in [0.29, 0.717) is 16.6 Å². The quantitative estimate of drug-likeness (QED) is 0.374. The topological polar surface area (TPSA) is 81.8 Å². The molecule has 36 heavy (non-hydrogen) atoms. The van der Waals surface area contributed by atoms with E-state index in [9.17, 15) is 14.0 Å². The zero-order valence-corrected chi connectivity index (χ0v) is 19.7. The molecule has 0 bridgehead atoms. The lowest BCUT2D eigenvalue weighted by Crippen LogP contribution is -2.27. The number of rotatable bonds is 7. The number of fused-ring (bicyclic) bond motifs is 1. The Morgan fingerprint density at radius 3 is 2.56 bits per heavy atom. The van der Waals surface area contributed by atoms with E-state index < -0.39 is 0 Å². The zero-order chi connectivity index (χ0) is 25.1. The van der Waals surface area contributed by atoms with Gasteiger partial charge in [0.1, 0.15) is 5.82 Å². The molecule has 0 aliphatic carbocycles. The molecule has 8 heteroatoms. The first kappa shape index (κ1) is 23.2. The molecule has 0 atom stereocenters. The van der Waals surface area contributed by atoms with E-state index in [1.54, 1.807) is 22.9 Å². The van der Waals surface area contributed by atoms with Crippen LogP contribution in [0.2, 0.25) is 0 Å². The lowest BCUT2D eigenvalue weighted by Gasteiger charge is -2.09. The number of para-hydroxylation sites is 2. The molecular formula is C28H24FN5O2. The monoisotopic (exact) mass is 481 g/mol. The van der Waals surface area contributed by atoms with E-state index >= 15 is 0 Å². The number of hydrogen-bond donors (Lipinski definition) is 1. The highest BCUT2D eigenvalue weighted by Crippen LogP contribution is 2.24. The Labute approximate surface area is 206 Å². The molecule has 0 spiro atoms. The minimum Gasteiger partial charge on any atom is -0.352 e. The second kappa shape index (κ2) is 9.95. The van der Waals surface area contributed by atoms with Crippen molar-refractivity contribution in [3.05, 3.63) is 113 Å². The van der Waals surface area contributed by atoms with Gasteiger partial charge in [-0.25, -0.2) is 14.1 Å². The van der Waals surface area contributed by atoms with Gasteiger partial charge in [-0.2, -0.15) is 5.10 Å². The summed E-state index contributed by atoms with van der Waals surface area (Å²) in [6.45, 7) is 2.37. The maximum atomic E-state index is 13.5. The van der Waals surface area contributed by atoms with Crippen LogP contribution < -0.4 is 10.9 Å². The van der Waals surface area contributed by atoms with Crippen LogP contribution >= 0.6 is 0 Å². The average molecular weight is 482 g/mol. The normalized spacial score (nSPS) is 11.1. The van der Waals surface area contributed by atoms with E-state index in [-0.39, 0.29) is 36.8 Å². The fourth-order valence-electron chi connectivity index (χ4n) is 4.10. The van der Waals surface area contributed by atoms with Gasteiger partial charge in [0.25, 0.3) is 5.56 Å². The smallest absolute Gasteiger partial charge is 0.261 e. The first-order chi connectivity index (χ1) is 17.5. The van der Waals surface area contributed by atoms with Gasteiger partial charge in [-0.15, -0.1) is 0 Å². The van der Waals surface area contributed by atoms with Crippen molar-refractivity contribution < 1.29 is 9.18 Å². The maximum Gasteiger partial charge on any atom is 0.261 e. The van der Waals surface area contributed by atoms with Gasteiger partial charge in [-0.1, -0.05) is 30.3 Å². The van der Waals surface area contributed by atoms with Gasteiger partial charge in [0.15, 0.2) is 0 Å². The Hall–Kier alpha value is -4.59. The van der Waals surface area contributed by atoms with E-state index in [1.165, 1.54) is 23.0 Å². The Balaban J connectivity index is 1.32. The number of halogens is 1. The molecule has 5 aromatic rings. The van der Waals surface area contributed by atoms with Crippen LogP contribution in [0.3, 0.4) is 0 Å². The largest absolute Gasteiger partial charge is 0.352 e. The van der Waals surface area contributed by atoms with Crippen molar-refractivity contribution in [3.8, 4) is 16.9 Å². The molecule has 2 heterocycles. The molecule has 1 amide bonds. The molecule has 0 unspecified atom stereocenters. The summed E-state index contributed by atoms with van der Waals surface area (Å²) in [5, 5.41) is 8.15. The fourth-order valence-corrected chi connectivity index (χ4v) is 4.10. The summed E-state index contributed by atoms with van der Waals surface area (Å²) in [5.41, 5.74) is 4.51. The van der Waals surface area contributed by atoms with Gasteiger partial charge in [-0.05, 0) is 55.0 Å².